The lowest BCUT2D eigenvalue weighted by Crippen LogP contribution is -2.34. The van der Waals surface area contributed by atoms with Gasteiger partial charge in [-0.05, 0) is 24.6 Å². The molecule has 5 heteroatoms. The number of methoxy groups -OCH3 is 1. The van der Waals surface area contributed by atoms with Gasteiger partial charge >= 0.3 is 0 Å². The Bertz CT molecular complexity index is 410. The quantitative estimate of drug-likeness (QED) is 0.837. The number of benzene rings is 1. The van der Waals surface area contributed by atoms with Gasteiger partial charge in [0.15, 0.2) is 11.6 Å². The first-order chi connectivity index (χ1) is 8.54. The molecule has 0 spiro atoms. The summed E-state index contributed by atoms with van der Waals surface area (Å²) in [5.41, 5.74) is 0. The number of ketones is 1. The molecular weight excluding hydrogens is 240 g/mol. The molecule has 0 bridgehead atoms. The van der Waals surface area contributed by atoms with Gasteiger partial charge in [0.05, 0.1) is 13.7 Å². The van der Waals surface area contributed by atoms with E-state index in [1.165, 1.54) is 19.2 Å². The molecule has 0 radical (unpaired) electrons. The van der Waals surface area contributed by atoms with Crippen molar-refractivity contribution < 1.29 is 18.3 Å². The Morgan fingerprint density at radius 3 is 2.56 bits per heavy atom. The maximum Gasteiger partial charge on any atom is 0.200 e. The molecule has 18 heavy (non-hydrogen) atoms. The molecule has 0 aliphatic carbocycles. The molecule has 0 saturated carbocycles. The van der Waals surface area contributed by atoms with E-state index in [2.05, 4.69) is 17.0 Å². The average Bonchev–Trinajstić information content (AvgIpc) is 2.33. The molecule has 1 saturated heterocycles. The molecular formula is C13H17F2NO2. The van der Waals surface area contributed by atoms with Gasteiger partial charge in [-0.15, -0.1) is 0 Å². The standard InChI is InChI=1S/C7H6F2O.C6H11NO/c1-10-6-4-2-3-5(8)7(6)9;1-5-2-6(8)4-7-3-5/h2-4H,1H3;5,7H,2-4H2,1H3. The minimum atomic E-state index is -0.940. The number of Topliss-reactive ketones (excluding diaryl/α,β-unsaturated/α-hetero) is 1. The molecule has 0 aromatic heterocycles. The van der Waals surface area contributed by atoms with Crippen LogP contribution in [0, 0.1) is 17.6 Å². The summed E-state index contributed by atoms with van der Waals surface area (Å²) >= 11 is 0. The predicted molar refractivity (Wildman–Crippen MR) is 64.6 cm³/mol. The minimum absolute atomic E-state index is 0.0694. The first-order valence-corrected chi connectivity index (χ1v) is 5.75. The molecule has 0 amide bonds. The van der Waals surface area contributed by atoms with Crippen LogP contribution in [0.2, 0.25) is 0 Å². The molecule has 2 rings (SSSR count). The number of rotatable bonds is 1. The van der Waals surface area contributed by atoms with Crippen molar-refractivity contribution in [3.63, 3.8) is 0 Å². The van der Waals surface area contributed by atoms with Gasteiger partial charge in [0, 0.05) is 6.42 Å². The number of halogens is 2. The second-order valence-electron chi connectivity index (χ2n) is 4.23. The molecule has 1 aromatic carbocycles. The normalized spacial score (nSPS) is 18.9. The molecule has 1 heterocycles. The summed E-state index contributed by atoms with van der Waals surface area (Å²) in [6.45, 7) is 3.68. The van der Waals surface area contributed by atoms with Crippen LogP contribution in [0.3, 0.4) is 0 Å². The number of hydrogen-bond acceptors (Lipinski definition) is 3. The van der Waals surface area contributed by atoms with Crippen LogP contribution in [0.5, 0.6) is 5.75 Å². The molecule has 1 aliphatic rings. The fourth-order valence-electron chi connectivity index (χ4n) is 1.63. The highest BCUT2D eigenvalue weighted by atomic mass is 19.2. The number of nitrogens with one attached hydrogen (secondary N) is 1. The number of carbonyl (C=O) groups excluding carboxylic acids is 1. The average molecular weight is 257 g/mol. The Labute approximate surface area is 105 Å². The Hall–Kier alpha value is -1.49. The summed E-state index contributed by atoms with van der Waals surface area (Å²) < 4.78 is 29.3. The second-order valence-corrected chi connectivity index (χ2v) is 4.23. The monoisotopic (exact) mass is 257 g/mol. The van der Waals surface area contributed by atoms with Crippen molar-refractivity contribution in [2.45, 2.75) is 13.3 Å². The highest BCUT2D eigenvalue weighted by molar-refractivity contribution is 5.81. The SMILES string of the molecule is CC1CNCC(=O)C1.COc1cccc(F)c1F. The van der Waals surface area contributed by atoms with Crippen molar-refractivity contribution in [3.05, 3.63) is 29.8 Å². The third-order valence-electron chi connectivity index (χ3n) is 2.53. The van der Waals surface area contributed by atoms with Crippen molar-refractivity contribution in [2.24, 2.45) is 5.92 Å². The lowest BCUT2D eigenvalue weighted by Gasteiger charge is -2.16. The molecule has 1 fully saturated rings. The summed E-state index contributed by atoms with van der Waals surface area (Å²) in [6, 6.07) is 3.79. The third kappa shape index (κ3) is 4.41. The van der Waals surface area contributed by atoms with Gasteiger partial charge in [0.2, 0.25) is 5.82 Å². The Morgan fingerprint density at radius 1 is 1.39 bits per heavy atom. The topological polar surface area (TPSA) is 38.3 Å². The van der Waals surface area contributed by atoms with Crippen LogP contribution in [-0.2, 0) is 4.79 Å². The molecule has 1 N–H and O–H groups in total. The zero-order valence-corrected chi connectivity index (χ0v) is 10.5. The molecule has 1 atom stereocenters. The molecule has 1 aromatic rings. The second kappa shape index (κ2) is 7.06. The lowest BCUT2D eigenvalue weighted by molar-refractivity contribution is -0.120. The van der Waals surface area contributed by atoms with Crippen LogP contribution in [0.25, 0.3) is 0 Å². The van der Waals surface area contributed by atoms with E-state index in [4.69, 9.17) is 0 Å². The van der Waals surface area contributed by atoms with Crippen LogP contribution in [0.4, 0.5) is 8.78 Å². The van der Waals surface area contributed by atoms with Crippen molar-refractivity contribution in [1.82, 2.24) is 5.32 Å². The minimum Gasteiger partial charge on any atom is -0.494 e. The van der Waals surface area contributed by atoms with E-state index >= 15 is 0 Å². The van der Waals surface area contributed by atoms with Crippen LogP contribution < -0.4 is 10.1 Å². The highest BCUT2D eigenvalue weighted by Crippen LogP contribution is 2.17. The smallest absolute Gasteiger partial charge is 0.200 e. The summed E-state index contributed by atoms with van der Waals surface area (Å²) in [5, 5.41) is 3.03. The van der Waals surface area contributed by atoms with Gasteiger partial charge in [-0.2, -0.15) is 4.39 Å². The Morgan fingerprint density at radius 2 is 2.11 bits per heavy atom. The van der Waals surface area contributed by atoms with Crippen molar-refractivity contribution in [2.75, 3.05) is 20.2 Å². The predicted octanol–water partition coefficient (Wildman–Crippen LogP) is 2.16. The first-order valence-electron chi connectivity index (χ1n) is 5.75. The van der Waals surface area contributed by atoms with E-state index in [1.807, 2.05) is 0 Å². The maximum atomic E-state index is 12.5. The molecule has 3 nitrogen and oxygen atoms in total. The zero-order valence-electron chi connectivity index (χ0n) is 10.5. The maximum absolute atomic E-state index is 12.5. The summed E-state index contributed by atoms with van der Waals surface area (Å²) in [4.78, 5) is 10.6. The fraction of sp³-hybridized carbons (Fsp3) is 0.462. The molecule has 100 valence electrons. The third-order valence-corrected chi connectivity index (χ3v) is 2.53. The van der Waals surface area contributed by atoms with Crippen LogP contribution in [0.1, 0.15) is 13.3 Å². The van der Waals surface area contributed by atoms with Crippen LogP contribution in [-0.4, -0.2) is 26.0 Å². The van der Waals surface area contributed by atoms with Crippen molar-refractivity contribution in [3.8, 4) is 5.75 Å². The van der Waals surface area contributed by atoms with E-state index in [9.17, 15) is 13.6 Å². The molecule has 1 aliphatic heterocycles. The van der Waals surface area contributed by atoms with Gasteiger partial charge in [0.1, 0.15) is 5.78 Å². The summed E-state index contributed by atoms with van der Waals surface area (Å²) in [7, 11) is 1.29. The first kappa shape index (κ1) is 14.6. The van der Waals surface area contributed by atoms with Crippen LogP contribution in [0.15, 0.2) is 18.2 Å². The van der Waals surface area contributed by atoms with Gasteiger partial charge < -0.3 is 10.1 Å². The molecule has 1 unspecified atom stereocenters. The number of piperidine rings is 1. The van der Waals surface area contributed by atoms with Gasteiger partial charge in [-0.25, -0.2) is 4.39 Å². The van der Waals surface area contributed by atoms with Crippen molar-refractivity contribution in [1.29, 1.82) is 0 Å². The van der Waals surface area contributed by atoms with E-state index in [-0.39, 0.29) is 5.75 Å². The van der Waals surface area contributed by atoms with E-state index < -0.39 is 11.6 Å². The van der Waals surface area contributed by atoms with Gasteiger partial charge in [0.25, 0.3) is 0 Å². The van der Waals surface area contributed by atoms with Gasteiger partial charge in [-0.1, -0.05) is 13.0 Å². The lowest BCUT2D eigenvalue weighted by atomic mass is 10.0. The van der Waals surface area contributed by atoms with Crippen LogP contribution >= 0.6 is 0 Å². The van der Waals surface area contributed by atoms with Crippen molar-refractivity contribution >= 4 is 5.78 Å². The van der Waals surface area contributed by atoms with E-state index in [0.717, 1.165) is 19.0 Å². The fourth-order valence-corrected chi connectivity index (χ4v) is 1.63. The number of carbonyl (C=O) groups is 1. The van der Waals surface area contributed by atoms with E-state index in [0.29, 0.717) is 18.2 Å². The zero-order chi connectivity index (χ0) is 13.5. The summed E-state index contributed by atoms with van der Waals surface area (Å²) in [5.74, 6) is -0.996. The number of hydrogen-bond donors (Lipinski definition) is 1. The van der Waals surface area contributed by atoms with Gasteiger partial charge in [-0.3, -0.25) is 4.79 Å². The number of ether oxygens (including phenoxy) is 1. The Balaban J connectivity index is 0.000000184. The summed E-state index contributed by atoms with van der Waals surface area (Å²) in [6.07, 6.45) is 0.771. The Kier molecular flexibility index (Phi) is 5.71. The highest BCUT2D eigenvalue weighted by Gasteiger charge is 2.13. The van der Waals surface area contributed by atoms with E-state index in [1.54, 1.807) is 0 Å². The largest absolute Gasteiger partial charge is 0.494 e.